The maximum absolute atomic E-state index is 11.1. The van der Waals surface area contributed by atoms with Gasteiger partial charge in [-0.3, -0.25) is 10.4 Å². The van der Waals surface area contributed by atoms with Gasteiger partial charge >= 0.3 is 6.09 Å². The molecule has 0 fully saturated rings. The highest BCUT2D eigenvalue weighted by Gasteiger charge is 2.11. The molecule has 4 N–H and O–H groups in total. The van der Waals surface area contributed by atoms with Crippen LogP contribution >= 0.6 is 11.3 Å². The van der Waals surface area contributed by atoms with Crippen molar-refractivity contribution < 1.29 is 9.53 Å². The molecule has 7 nitrogen and oxygen atoms in total. The molecule has 0 aliphatic heterocycles. The summed E-state index contributed by atoms with van der Waals surface area (Å²) in [5.74, 6) is 0.374. The van der Waals surface area contributed by atoms with Crippen LogP contribution in [0.25, 0.3) is 10.3 Å². The number of H-pyrrole nitrogens is 1. The number of thiazole rings is 1. The summed E-state index contributed by atoms with van der Waals surface area (Å²) in [5.41, 5.74) is 6.12. The van der Waals surface area contributed by atoms with Gasteiger partial charge in [-0.25, -0.2) is 9.78 Å². The van der Waals surface area contributed by atoms with Gasteiger partial charge in [0.1, 0.15) is 4.70 Å². The summed E-state index contributed by atoms with van der Waals surface area (Å²) in [5, 5.41) is 9.34. The number of fused-ring (bicyclic) bond motifs is 1. The van der Waals surface area contributed by atoms with Crippen molar-refractivity contribution in [2.45, 2.75) is 6.92 Å². The molecule has 0 unspecified atom stereocenters. The van der Waals surface area contributed by atoms with Crippen molar-refractivity contribution in [2.75, 3.05) is 17.7 Å². The third kappa shape index (κ3) is 1.84. The van der Waals surface area contributed by atoms with Crippen molar-refractivity contribution in [2.24, 2.45) is 0 Å². The quantitative estimate of drug-likeness (QED) is 0.714. The Morgan fingerprint density at radius 3 is 3.20 bits per heavy atom. The van der Waals surface area contributed by atoms with E-state index >= 15 is 0 Å². The van der Waals surface area contributed by atoms with Gasteiger partial charge in [0.2, 0.25) is 0 Å². The van der Waals surface area contributed by atoms with Crippen LogP contribution in [0.5, 0.6) is 0 Å². The number of hydrogen-bond acceptors (Lipinski definition) is 6. The lowest BCUT2D eigenvalue weighted by atomic mass is 10.6. The largest absolute Gasteiger partial charge is 0.450 e. The highest BCUT2D eigenvalue weighted by Crippen LogP contribution is 2.28. The molecule has 0 atom stereocenters. The second kappa shape index (κ2) is 3.73. The molecule has 1 amide bonds. The van der Waals surface area contributed by atoms with Crippen LogP contribution in [-0.2, 0) is 4.74 Å². The number of anilines is 2. The summed E-state index contributed by atoms with van der Waals surface area (Å²) in [4.78, 5) is 15.1. The third-order valence-corrected chi connectivity index (χ3v) is 2.62. The average molecular weight is 227 g/mol. The van der Waals surface area contributed by atoms with Crippen molar-refractivity contribution in [3.63, 3.8) is 0 Å². The van der Waals surface area contributed by atoms with Crippen molar-refractivity contribution in [3.05, 3.63) is 0 Å². The Morgan fingerprint density at radius 1 is 1.73 bits per heavy atom. The van der Waals surface area contributed by atoms with Gasteiger partial charge in [-0.05, 0) is 6.92 Å². The first-order valence-electron chi connectivity index (χ1n) is 4.25. The van der Waals surface area contributed by atoms with E-state index in [1.807, 2.05) is 0 Å². The molecule has 0 aliphatic rings. The summed E-state index contributed by atoms with van der Waals surface area (Å²) in [6, 6.07) is 0. The van der Waals surface area contributed by atoms with Crippen molar-refractivity contribution in [1.29, 1.82) is 0 Å². The van der Waals surface area contributed by atoms with E-state index in [1.54, 1.807) is 6.92 Å². The molecule has 0 aromatic carbocycles. The Hall–Kier alpha value is -1.83. The molecule has 8 heteroatoms. The monoisotopic (exact) mass is 227 g/mol. The van der Waals surface area contributed by atoms with E-state index in [4.69, 9.17) is 10.5 Å². The van der Waals surface area contributed by atoms with Gasteiger partial charge in [-0.15, -0.1) is 0 Å². The van der Waals surface area contributed by atoms with Gasteiger partial charge in [-0.2, -0.15) is 5.10 Å². The lowest BCUT2D eigenvalue weighted by Gasteiger charge is -1.99. The Bertz CT molecular complexity index is 490. The van der Waals surface area contributed by atoms with Crippen LogP contribution in [0.4, 0.5) is 15.7 Å². The Morgan fingerprint density at radius 2 is 2.53 bits per heavy atom. The molecule has 0 aliphatic carbocycles. The van der Waals surface area contributed by atoms with Crippen LogP contribution < -0.4 is 11.1 Å². The number of carbonyl (C=O) groups is 1. The van der Waals surface area contributed by atoms with Gasteiger partial charge < -0.3 is 10.5 Å². The molecule has 0 saturated carbocycles. The molecule has 0 saturated heterocycles. The second-order valence-electron chi connectivity index (χ2n) is 2.65. The van der Waals surface area contributed by atoms with Crippen LogP contribution in [0.2, 0.25) is 0 Å². The topological polar surface area (TPSA) is 106 Å². The van der Waals surface area contributed by atoms with Crippen LogP contribution in [0, 0.1) is 0 Å². The van der Waals surface area contributed by atoms with Crippen LogP contribution in [0.15, 0.2) is 0 Å². The summed E-state index contributed by atoms with van der Waals surface area (Å²) < 4.78 is 5.43. The molecule has 2 rings (SSSR count). The van der Waals surface area contributed by atoms with E-state index in [0.29, 0.717) is 23.2 Å². The van der Waals surface area contributed by atoms with Crippen LogP contribution in [0.1, 0.15) is 6.92 Å². The summed E-state index contributed by atoms with van der Waals surface area (Å²) in [6.45, 7) is 2.05. The van der Waals surface area contributed by atoms with Gasteiger partial charge in [0, 0.05) is 0 Å². The fourth-order valence-electron chi connectivity index (χ4n) is 1.04. The number of nitrogens with one attached hydrogen (secondary N) is 2. The number of aromatic nitrogens is 3. The smallest absolute Gasteiger partial charge is 0.413 e. The molecule has 0 spiro atoms. The number of rotatable bonds is 2. The number of amides is 1. The minimum Gasteiger partial charge on any atom is -0.450 e. The number of nitrogens with two attached hydrogens (primary N) is 1. The molecule has 0 radical (unpaired) electrons. The summed E-state index contributed by atoms with van der Waals surface area (Å²) in [7, 11) is 0. The third-order valence-electron chi connectivity index (χ3n) is 1.63. The Labute approximate surface area is 88.6 Å². The summed E-state index contributed by atoms with van der Waals surface area (Å²) >= 11 is 1.24. The number of aromatic amines is 1. The predicted molar refractivity (Wildman–Crippen MR) is 56.8 cm³/mol. The number of ether oxygens (including phenoxy) is 1. The van der Waals surface area contributed by atoms with E-state index < -0.39 is 6.09 Å². The van der Waals surface area contributed by atoms with Gasteiger partial charge in [-0.1, -0.05) is 11.3 Å². The fraction of sp³-hybridized carbons (Fsp3) is 0.286. The normalized spacial score (nSPS) is 10.5. The van der Waals surface area contributed by atoms with Gasteiger partial charge in [0.05, 0.1) is 6.61 Å². The molecule has 80 valence electrons. The zero-order chi connectivity index (χ0) is 10.8. The maximum atomic E-state index is 11.1. The van der Waals surface area contributed by atoms with E-state index in [1.165, 1.54) is 11.3 Å². The highest BCUT2D eigenvalue weighted by atomic mass is 32.1. The van der Waals surface area contributed by atoms with E-state index in [2.05, 4.69) is 20.5 Å². The number of hydrogen-bond donors (Lipinski definition) is 3. The molecule has 2 aromatic rings. The molecule has 2 aromatic heterocycles. The number of carbonyl (C=O) groups excluding carboxylic acids is 1. The first kappa shape index (κ1) is 9.71. The molecule has 15 heavy (non-hydrogen) atoms. The van der Waals surface area contributed by atoms with E-state index in [9.17, 15) is 4.79 Å². The van der Waals surface area contributed by atoms with Crippen LogP contribution in [-0.4, -0.2) is 27.9 Å². The number of nitrogens with zero attached hydrogens (tertiary/aromatic N) is 2. The summed E-state index contributed by atoms with van der Waals surface area (Å²) in [6.07, 6.45) is -0.527. The molecule has 0 bridgehead atoms. The lowest BCUT2D eigenvalue weighted by molar-refractivity contribution is 0.168. The van der Waals surface area contributed by atoms with Crippen molar-refractivity contribution in [3.8, 4) is 0 Å². The first-order chi connectivity index (χ1) is 7.20. The Balaban J connectivity index is 2.18. The zero-order valence-electron chi connectivity index (χ0n) is 7.90. The van der Waals surface area contributed by atoms with Crippen LogP contribution in [0.3, 0.4) is 0 Å². The molecular formula is C7H9N5O2S. The van der Waals surface area contributed by atoms with Crippen molar-refractivity contribution >= 4 is 38.7 Å². The van der Waals surface area contributed by atoms with Gasteiger partial charge in [0.25, 0.3) is 0 Å². The van der Waals surface area contributed by atoms with Crippen molar-refractivity contribution in [1.82, 2.24) is 15.2 Å². The molecular weight excluding hydrogens is 218 g/mol. The van der Waals surface area contributed by atoms with E-state index in [-0.39, 0.29) is 0 Å². The standard InChI is InChI=1S/C7H9N5O2S/c1-2-14-7(13)10-6-9-5-3(15-6)4(8)11-12-5/h2H2,1H3,(H4,8,9,10,11,12,13). The fourth-order valence-corrected chi connectivity index (χ4v) is 1.84. The zero-order valence-corrected chi connectivity index (χ0v) is 8.72. The van der Waals surface area contributed by atoms with E-state index in [0.717, 1.165) is 4.70 Å². The molecule has 2 heterocycles. The predicted octanol–water partition coefficient (Wildman–Crippen LogP) is 1.17. The minimum absolute atomic E-state index is 0.318. The Kier molecular flexibility index (Phi) is 2.42. The first-order valence-corrected chi connectivity index (χ1v) is 5.06. The minimum atomic E-state index is -0.527. The lowest BCUT2D eigenvalue weighted by Crippen LogP contribution is -2.12. The van der Waals surface area contributed by atoms with Gasteiger partial charge in [0.15, 0.2) is 16.6 Å². The maximum Gasteiger partial charge on any atom is 0.413 e. The number of nitrogen functional groups attached to an aromatic ring is 1. The highest BCUT2D eigenvalue weighted by molar-refractivity contribution is 7.22. The average Bonchev–Trinajstić information content (AvgIpc) is 2.69. The SMILES string of the molecule is CCOC(=O)Nc1nc2[nH]nc(N)c2s1. The second-order valence-corrected chi connectivity index (χ2v) is 3.65.